The SMILES string of the molecule is CC(C)(NCc1cc(O)cc(F)c1)C1CC1. The van der Waals surface area contributed by atoms with Crippen molar-refractivity contribution in [1.29, 1.82) is 0 Å². The van der Waals surface area contributed by atoms with Crippen LogP contribution in [0.5, 0.6) is 5.75 Å². The molecule has 1 fully saturated rings. The molecule has 0 bridgehead atoms. The second-order valence-corrected chi connectivity index (χ2v) is 5.17. The number of phenols is 1. The topological polar surface area (TPSA) is 32.3 Å². The van der Waals surface area contributed by atoms with Crippen LogP contribution >= 0.6 is 0 Å². The minimum Gasteiger partial charge on any atom is -0.508 e. The zero-order valence-corrected chi connectivity index (χ0v) is 9.76. The van der Waals surface area contributed by atoms with E-state index in [-0.39, 0.29) is 17.1 Å². The molecule has 1 saturated carbocycles. The zero-order valence-electron chi connectivity index (χ0n) is 9.76. The summed E-state index contributed by atoms with van der Waals surface area (Å²) in [6.45, 7) is 4.93. The Kier molecular flexibility index (Phi) is 2.89. The number of hydrogen-bond acceptors (Lipinski definition) is 2. The lowest BCUT2D eigenvalue weighted by atomic mass is 9.98. The first-order valence-electron chi connectivity index (χ1n) is 5.71. The summed E-state index contributed by atoms with van der Waals surface area (Å²) in [4.78, 5) is 0. The third kappa shape index (κ3) is 2.73. The van der Waals surface area contributed by atoms with Crippen molar-refractivity contribution in [2.75, 3.05) is 0 Å². The molecule has 0 spiro atoms. The summed E-state index contributed by atoms with van der Waals surface area (Å²) in [6, 6.07) is 4.17. The van der Waals surface area contributed by atoms with E-state index in [9.17, 15) is 9.50 Å². The van der Waals surface area contributed by atoms with Crippen LogP contribution in [0.1, 0.15) is 32.3 Å². The fourth-order valence-corrected chi connectivity index (χ4v) is 2.01. The second kappa shape index (κ2) is 4.06. The van der Waals surface area contributed by atoms with Crippen molar-refractivity contribution in [3.63, 3.8) is 0 Å². The monoisotopic (exact) mass is 223 g/mol. The first kappa shape index (κ1) is 11.4. The number of phenolic OH excluding ortho intramolecular Hbond substituents is 1. The maximum atomic E-state index is 13.0. The van der Waals surface area contributed by atoms with Gasteiger partial charge in [0.25, 0.3) is 0 Å². The van der Waals surface area contributed by atoms with Crippen LogP contribution in [0, 0.1) is 11.7 Å². The highest BCUT2D eigenvalue weighted by molar-refractivity contribution is 5.28. The number of benzene rings is 1. The molecule has 16 heavy (non-hydrogen) atoms. The summed E-state index contributed by atoms with van der Waals surface area (Å²) in [5, 5.41) is 12.7. The number of aromatic hydroxyl groups is 1. The van der Waals surface area contributed by atoms with E-state index < -0.39 is 0 Å². The van der Waals surface area contributed by atoms with Gasteiger partial charge in [-0.05, 0) is 50.3 Å². The lowest BCUT2D eigenvalue weighted by Gasteiger charge is -2.26. The standard InChI is InChI=1S/C13H18FNO/c1-13(2,10-3-4-10)15-8-9-5-11(14)7-12(16)6-9/h5-7,10,15-16H,3-4,8H2,1-2H3. The molecule has 0 saturated heterocycles. The molecule has 1 aliphatic carbocycles. The second-order valence-electron chi connectivity index (χ2n) is 5.17. The molecule has 2 rings (SSSR count). The van der Waals surface area contributed by atoms with Crippen LogP contribution in [-0.4, -0.2) is 10.6 Å². The van der Waals surface area contributed by atoms with Crippen molar-refractivity contribution < 1.29 is 9.50 Å². The maximum absolute atomic E-state index is 13.0. The molecule has 1 aliphatic rings. The molecule has 1 aromatic carbocycles. The van der Waals surface area contributed by atoms with Gasteiger partial charge in [-0.25, -0.2) is 4.39 Å². The van der Waals surface area contributed by atoms with Crippen LogP contribution in [0.2, 0.25) is 0 Å². The van der Waals surface area contributed by atoms with Gasteiger partial charge in [-0.1, -0.05) is 0 Å². The Morgan fingerprint density at radius 2 is 2.06 bits per heavy atom. The first-order chi connectivity index (χ1) is 7.47. The molecule has 0 aromatic heterocycles. The molecule has 0 aliphatic heterocycles. The minimum absolute atomic E-state index is 0.0129. The molecule has 2 N–H and O–H groups in total. The Morgan fingerprint density at radius 3 is 2.62 bits per heavy atom. The summed E-state index contributed by atoms with van der Waals surface area (Å²) in [7, 11) is 0. The molecule has 2 nitrogen and oxygen atoms in total. The van der Waals surface area contributed by atoms with Gasteiger partial charge in [-0.15, -0.1) is 0 Å². The van der Waals surface area contributed by atoms with Gasteiger partial charge in [0.15, 0.2) is 0 Å². The summed E-state index contributed by atoms with van der Waals surface area (Å²) >= 11 is 0. The van der Waals surface area contributed by atoms with E-state index in [1.165, 1.54) is 18.9 Å². The van der Waals surface area contributed by atoms with Gasteiger partial charge >= 0.3 is 0 Å². The van der Waals surface area contributed by atoms with Crippen molar-refractivity contribution >= 4 is 0 Å². The predicted molar refractivity (Wildman–Crippen MR) is 61.7 cm³/mol. The van der Waals surface area contributed by atoms with E-state index >= 15 is 0 Å². The Labute approximate surface area is 95.5 Å². The average Bonchev–Trinajstić information content (AvgIpc) is 2.96. The molecule has 0 amide bonds. The van der Waals surface area contributed by atoms with Gasteiger partial charge in [0.2, 0.25) is 0 Å². The minimum atomic E-state index is -0.388. The van der Waals surface area contributed by atoms with Gasteiger partial charge in [0, 0.05) is 18.2 Å². The molecule has 0 radical (unpaired) electrons. The zero-order chi connectivity index (χ0) is 11.8. The summed E-state index contributed by atoms with van der Waals surface area (Å²) in [6.07, 6.45) is 2.54. The summed E-state index contributed by atoms with van der Waals surface area (Å²) < 4.78 is 13.0. The molecule has 1 aromatic rings. The van der Waals surface area contributed by atoms with E-state index in [0.29, 0.717) is 6.54 Å². The van der Waals surface area contributed by atoms with Crippen molar-refractivity contribution in [1.82, 2.24) is 5.32 Å². The number of halogens is 1. The van der Waals surface area contributed by atoms with Crippen molar-refractivity contribution in [2.24, 2.45) is 5.92 Å². The van der Waals surface area contributed by atoms with Crippen molar-refractivity contribution in [3.05, 3.63) is 29.6 Å². The first-order valence-corrected chi connectivity index (χ1v) is 5.71. The predicted octanol–water partition coefficient (Wildman–Crippen LogP) is 2.81. The Hall–Kier alpha value is -1.09. The summed E-state index contributed by atoms with van der Waals surface area (Å²) in [5.74, 6) is 0.330. The fourth-order valence-electron chi connectivity index (χ4n) is 2.01. The normalized spacial score (nSPS) is 16.4. The highest BCUT2D eigenvalue weighted by Gasteiger charge is 2.37. The van der Waals surface area contributed by atoms with Crippen molar-refractivity contribution in [3.8, 4) is 5.75 Å². The molecular formula is C13H18FNO. The maximum Gasteiger partial charge on any atom is 0.127 e. The Morgan fingerprint density at radius 1 is 1.38 bits per heavy atom. The van der Waals surface area contributed by atoms with Crippen LogP contribution in [0.25, 0.3) is 0 Å². The molecule has 0 heterocycles. The highest BCUT2D eigenvalue weighted by Crippen LogP contribution is 2.39. The van der Waals surface area contributed by atoms with Gasteiger partial charge < -0.3 is 10.4 Å². The van der Waals surface area contributed by atoms with Crippen LogP contribution < -0.4 is 5.32 Å². The molecule has 0 unspecified atom stereocenters. The third-order valence-corrected chi connectivity index (χ3v) is 3.29. The molecule has 88 valence electrons. The smallest absolute Gasteiger partial charge is 0.127 e. The number of rotatable bonds is 4. The van der Waals surface area contributed by atoms with Crippen molar-refractivity contribution in [2.45, 2.75) is 38.8 Å². The van der Waals surface area contributed by atoms with E-state index in [0.717, 1.165) is 17.5 Å². The van der Waals surface area contributed by atoms with E-state index in [4.69, 9.17) is 0 Å². The van der Waals surface area contributed by atoms with Gasteiger partial charge in [-0.3, -0.25) is 0 Å². The van der Waals surface area contributed by atoms with Gasteiger partial charge in [0.1, 0.15) is 11.6 Å². The van der Waals surface area contributed by atoms with Gasteiger partial charge in [0.05, 0.1) is 0 Å². The Bertz CT molecular complexity index is 365. The quantitative estimate of drug-likeness (QED) is 0.822. The lowest BCUT2D eigenvalue weighted by molar-refractivity contribution is 0.339. The number of hydrogen-bond donors (Lipinski definition) is 2. The molecule has 3 heteroatoms. The fraction of sp³-hybridized carbons (Fsp3) is 0.538. The van der Waals surface area contributed by atoms with Crippen LogP contribution in [0.4, 0.5) is 4.39 Å². The highest BCUT2D eigenvalue weighted by atomic mass is 19.1. The van der Waals surface area contributed by atoms with E-state index in [1.807, 2.05) is 0 Å². The molecular weight excluding hydrogens is 205 g/mol. The van der Waals surface area contributed by atoms with Crippen LogP contribution in [0.3, 0.4) is 0 Å². The van der Waals surface area contributed by atoms with Crippen LogP contribution in [-0.2, 0) is 6.54 Å². The van der Waals surface area contributed by atoms with E-state index in [1.54, 1.807) is 6.07 Å². The Balaban J connectivity index is 1.98. The summed E-state index contributed by atoms with van der Waals surface area (Å²) in [5.41, 5.74) is 0.883. The lowest BCUT2D eigenvalue weighted by Crippen LogP contribution is -2.40. The molecule has 0 atom stereocenters. The van der Waals surface area contributed by atoms with Gasteiger partial charge in [-0.2, -0.15) is 0 Å². The largest absolute Gasteiger partial charge is 0.508 e. The van der Waals surface area contributed by atoms with E-state index in [2.05, 4.69) is 19.2 Å². The van der Waals surface area contributed by atoms with Crippen LogP contribution in [0.15, 0.2) is 18.2 Å². The third-order valence-electron chi connectivity index (χ3n) is 3.29. The number of nitrogens with one attached hydrogen (secondary N) is 1. The average molecular weight is 223 g/mol.